The number of nitriles is 1. The number of rotatable bonds is 6. The van der Waals surface area contributed by atoms with Crippen LogP contribution in [0.3, 0.4) is 0 Å². The van der Waals surface area contributed by atoms with Crippen LogP contribution in [0.15, 0.2) is 0 Å². The first-order valence-corrected chi connectivity index (χ1v) is 6.54. The molecule has 0 aromatic carbocycles. The SMILES string of the molecule is CN(C)CC1CCCN1CC(=O)N(C)CCC#N. The second-order valence-corrected chi connectivity index (χ2v) is 5.25. The normalized spacial score (nSPS) is 20.1. The molecule has 0 aliphatic carbocycles. The Hall–Kier alpha value is -1.12. The molecule has 5 heteroatoms. The summed E-state index contributed by atoms with van der Waals surface area (Å²) in [5.41, 5.74) is 0. The number of hydrogen-bond donors (Lipinski definition) is 0. The van der Waals surface area contributed by atoms with Crippen LogP contribution in [-0.2, 0) is 4.79 Å². The fourth-order valence-electron chi connectivity index (χ4n) is 2.37. The highest BCUT2D eigenvalue weighted by molar-refractivity contribution is 5.78. The molecule has 1 saturated heterocycles. The lowest BCUT2D eigenvalue weighted by molar-refractivity contribution is -0.131. The van der Waals surface area contributed by atoms with E-state index in [4.69, 9.17) is 5.26 Å². The van der Waals surface area contributed by atoms with Gasteiger partial charge in [0.25, 0.3) is 0 Å². The van der Waals surface area contributed by atoms with Crippen molar-refractivity contribution in [3.63, 3.8) is 0 Å². The number of nitrogens with zero attached hydrogens (tertiary/aromatic N) is 4. The van der Waals surface area contributed by atoms with E-state index in [9.17, 15) is 4.79 Å². The van der Waals surface area contributed by atoms with Gasteiger partial charge < -0.3 is 9.80 Å². The maximum absolute atomic E-state index is 12.0. The fraction of sp³-hybridized carbons (Fsp3) is 0.846. The molecule has 0 spiro atoms. The van der Waals surface area contributed by atoms with Crippen molar-refractivity contribution in [3.8, 4) is 6.07 Å². The quantitative estimate of drug-likeness (QED) is 0.686. The first kappa shape index (κ1) is 14.9. The van der Waals surface area contributed by atoms with Crippen molar-refractivity contribution < 1.29 is 4.79 Å². The molecule has 0 bridgehead atoms. The molecular weight excluding hydrogens is 228 g/mol. The van der Waals surface area contributed by atoms with Crippen LogP contribution in [0.1, 0.15) is 19.3 Å². The molecule has 5 nitrogen and oxygen atoms in total. The van der Waals surface area contributed by atoms with Crippen molar-refractivity contribution in [2.45, 2.75) is 25.3 Å². The largest absolute Gasteiger partial charge is 0.344 e. The summed E-state index contributed by atoms with van der Waals surface area (Å²) < 4.78 is 0. The second-order valence-electron chi connectivity index (χ2n) is 5.25. The third-order valence-electron chi connectivity index (χ3n) is 3.40. The molecule has 1 amide bonds. The number of likely N-dealkylation sites (N-methyl/N-ethyl adjacent to an activating group) is 2. The van der Waals surface area contributed by atoms with Crippen LogP contribution < -0.4 is 0 Å². The van der Waals surface area contributed by atoms with Crippen molar-refractivity contribution in [1.29, 1.82) is 5.26 Å². The molecule has 1 aliphatic heterocycles. The summed E-state index contributed by atoms with van der Waals surface area (Å²) in [7, 11) is 5.91. The van der Waals surface area contributed by atoms with Gasteiger partial charge in [0.2, 0.25) is 5.91 Å². The molecule has 1 rings (SSSR count). The van der Waals surface area contributed by atoms with E-state index in [-0.39, 0.29) is 5.91 Å². The third kappa shape index (κ3) is 4.63. The molecule has 1 aliphatic rings. The molecule has 0 aromatic rings. The van der Waals surface area contributed by atoms with Gasteiger partial charge in [0.15, 0.2) is 0 Å². The Labute approximate surface area is 110 Å². The van der Waals surface area contributed by atoms with E-state index >= 15 is 0 Å². The highest BCUT2D eigenvalue weighted by atomic mass is 16.2. The summed E-state index contributed by atoms with van der Waals surface area (Å²) in [5, 5.41) is 8.52. The lowest BCUT2D eigenvalue weighted by Gasteiger charge is -2.28. The molecular formula is C13H24N4O. The highest BCUT2D eigenvalue weighted by Gasteiger charge is 2.27. The molecule has 0 aromatic heterocycles. The molecule has 1 atom stereocenters. The van der Waals surface area contributed by atoms with Crippen LogP contribution in [0.25, 0.3) is 0 Å². The van der Waals surface area contributed by atoms with E-state index in [0.29, 0.717) is 25.6 Å². The van der Waals surface area contributed by atoms with Gasteiger partial charge in [-0.05, 0) is 33.5 Å². The van der Waals surface area contributed by atoms with E-state index in [0.717, 1.165) is 13.1 Å². The Balaban J connectivity index is 2.40. The average molecular weight is 252 g/mol. The van der Waals surface area contributed by atoms with Crippen molar-refractivity contribution in [2.75, 3.05) is 47.3 Å². The summed E-state index contributed by atoms with van der Waals surface area (Å²) >= 11 is 0. The van der Waals surface area contributed by atoms with E-state index in [2.05, 4.69) is 30.0 Å². The smallest absolute Gasteiger partial charge is 0.236 e. The standard InChI is InChI=1S/C13H24N4O/c1-15(2)10-12-6-4-9-17(12)11-13(18)16(3)8-5-7-14/h12H,4-6,8-11H2,1-3H3. The van der Waals surface area contributed by atoms with Crippen LogP contribution in [0.4, 0.5) is 0 Å². The van der Waals surface area contributed by atoms with Crippen LogP contribution >= 0.6 is 0 Å². The van der Waals surface area contributed by atoms with Crippen LogP contribution in [0.2, 0.25) is 0 Å². The number of carbonyl (C=O) groups is 1. The minimum Gasteiger partial charge on any atom is -0.344 e. The summed E-state index contributed by atoms with van der Waals surface area (Å²) in [6, 6.07) is 2.56. The van der Waals surface area contributed by atoms with Gasteiger partial charge in [-0.15, -0.1) is 0 Å². The van der Waals surface area contributed by atoms with Crippen molar-refractivity contribution in [2.24, 2.45) is 0 Å². The summed E-state index contributed by atoms with van der Waals surface area (Å²) in [5.74, 6) is 0.121. The molecule has 1 fully saturated rings. The number of hydrogen-bond acceptors (Lipinski definition) is 4. The first-order valence-electron chi connectivity index (χ1n) is 6.54. The van der Waals surface area contributed by atoms with Gasteiger partial charge in [0.1, 0.15) is 0 Å². The van der Waals surface area contributed by atoms with Gasteiger partial charge in [-0.3, -0.25) is 9.69 Å². The average Bonchev–Trinajstić information content (AvgIpc) is 2.72. The Bertz CT molecular complexity index is 311. The number of likely N-dealkylation sites (tertiary alicyclic amines) is 1. The lowest BCUT2D eigenvalue weighted by atomic mass is 10.2. The fourth-order valence-corrected chi connectivity index (χ4v) is 2.37. The maximum atomic E-state index is 12.0. The molecule has 1 heterocycles. The summed E-state index contributed by atoms with van der Waals surface area (Å²) in [6.45, 7) is 3.04. The minimum atomic E-state index is 0.121. The third-order valence-corrected chi connectivity index (χ3v) is 3.40. The second kappa shape index (κ2) is 7.34. The maximum Gasteiger partial charge on any atom is 0.236 e. The van der Waals surface area contributed by atoms with Gasteiger partial charge in [-0.2, -0.15) is 5.26 Å². The van der Waals surface area contributed by atoms with E-state index in [1.165, 1.54) is 12.8 Å². The van der Waals surface area contributed by atoms with Gasteiger partial charge in [0.05, 0.1) is 19.0 Å². The molecule has 102 valence electrons. The Kier molecular flexibility index (Phi) is 6.10. The van der Waals surface area contributed by atoms with Crippen molar-refractivity contribution in [3.05, 3.63) is 0 Å². The summed E-state index contributed by atoms with van der Waals surface area (Å²) in [6.07, 6.45) is 2.75. The molecule has 0 radical (unpaired) electrons. The molecule has 18 heavy (non-hydrogen) atoms. The van der Waals surface area contributed by atoms with Crippen molar-refractivity contribution in [1.82, 2.24) is 14.7 Å². The first-order chi connectivity index (χ1) is 8.54. The Morgan fingerprint density at radius 3 is 2.78 bits per heavy atom. The highest BCUT2D eigenvalue weighted by Crippen LogP contribution is 2.17. The predicted octanol–water partition coefficient (Wildman–Crippen LogP) is 0.384. The van der Waals surface area contributed by atoms with E-state index < -0.39 is 0 Å². The van der Waals surface area contributed by atoms with Crippen LogP contribution in [-0.4, -0.2) is 74.0 Å². The number of amides is 1. The Morgan fingerprint density at radius 1 is 1.44 bits per heavy atom. The van der Waals surface area contributed by atoms with Crippen molar-refractivity contribution >= 4 is 5.91 Å². The van der Waals surface area contributed by atoms with Gasteiger partial charge in [-0.25, -0.2) is 0 Å². The molecule has 0 saturated carbocycles. The van der Waals surface area contributed by atoms with Crippen LogP contribution in [0.5, 0.6) is 0 Å². The zero-order valence-corrected chi connectivity index (χ0v) is 11.7. The predicted molar refractivity (Wildman–Crippen MR) is 71.0 cm³/mol. The topological polar surface area (TPSA) is 50.6 Å². The van der Waals surface area contributed by atoms with Gasteiger partial charge >= 0.3 is 0 Å². The monoisotopic (exact) mass is 252 g/mol. The summed E-state index contributed by atoms with van der Waals surface area (Å²) in [4.78, 5) is 18.1. The number of carbonyl (C=O) groups excluding carboxylic acids is 1. The Morgan fingerprint density at radius 2 is 2.17 bits per heavy atom. The van der Waals surface area contributed by atoms with Gasteiger partial charge in [0, 0.05) is 26.2 Å². The van der Waals surface area contributed by atoms with E-state index in [1.807, 2.05) is 0 Å². The molecule has 0 N–H and O–H groups in total. The minimum absolute atomic E-state index is 0.121. The lowest BCUT2D eigenvalue weighted by Crippen LogP contribution is -2.44. The zero-order valence-electron chi connectivity index (χ0n) is 11.7. The van der Waals surface area contributed by atoms with Crippen LogP contribution in [0, 0.1) is 11.3 Å². The molecule has 1 unspecified atom stereocenters. The van der Waals surface area contributed by atoms with Gasteiger partial charge in [-0.1, -0.05) is 0 Å². The zero-order chi connectivity index (χ0) is 13.5. The van der Waals surface area contributed by atoms with E-state index in [1.54, 1.807) is 11.9 Å².